The van der Waals surface area contributed by atoms with E-state index in [4.69, 9.17) is 11.6 Å². The number of aliphatic hydroxyl groups excluding tert-OH is 1. The molecule has 1 unspecified atom stereocenters. The number of nitrogens with one attached hydrogen (secondary N) is 1. The van der Waals surface area contributed by atoms with Gasteiger partial charge in [-0.05, 0) is 76.4 Å². The summed E-state index contributed by atoms with van der Waals surface area (Å²) in [5.41, 5.74) is -0.921. The van der Waals surface area contributed by atoms with Crippen molar-refractivity contribution in [2.45, 2.75) is 30.0 Å². The van der Waals surface area contributed by atoms with Gasteiger partial charge < -0.3 is 29.9 Å². The molecule has 0 saturated carbocycles. The zero-order valence-electron chi connectivity index (χ0n) is 23.2. The van der Waals surface area contributed by atoms with E-state index < -0.39 is 23.4 Å². The quantitative estimate of drug-likeness (QED) is 0.263. The normalized spacial score (nSPS) is 16.1. The topological polar surface area (TPSA) is 83.0 Å². The SMILES string of the molecule is CN(CCCN1CCN(C)CC1)CCC(O)CSc1c(-c2cc(Cl)ccc2O)c2cc(C(F)(F)F)ccc2[nH]c1=O. The maximum Gasteiger partial charge on any atom is 0.416 e. The molecule has 224 valence electrons. The molecule has 2 heterocycles. The molecule has 7 nitrogen and oxygen atoms in total. The fraction of sp³-hybridized carbons (Fsp3) is 0.483. The summed E-state index contributed by atoms with van der Waals surface area (Å²) in [4.78, 5) is 22.9. The van der Waals surface area contributed by atoms with Crippen LogP contribution in [-0.2, 0) is 6.18 Å². The second-order valence-electron chi connectivity index (χ2n) is 10.6. The Morgan fingerprint density at radius 2 is 1.85 bits per heavy atom. The summed E-state index contributed by atoms with van der Waals surface area (Å²) in [6.45, 7) is 6.93. The highest BCUT2D eigenvalue weighted by atomic mass is 35.5. The van der Waals surface area contributed by atoms with E-state index in [1.807, 2.05) is 7.05 Å². The standard InChI is InChI=1S/C29H36ClF3N4O3S/c1-35(9-3-10-37-14-12-36(2)13-15-37)11-8-21(38)18-41-27-26(23-17-20(30)5-7-25(23)39)22-16-19(29(31,32)33)4-6-24(22)34-28(27)40/h4-7,16-17,21,38-39H,3,8-15,18H2,1-2H3,(H,34,40). The number of benzene rings is 2. The number of aliphatic hydroxyl groups is 1. The molecule has 1 saturated heterocycles. The predicted octanol–water partition coefficient (Wildman–Crippen LogP) is 4.99. The molecule has 4 rings (SSSR count). The number of aromatic amines is 1. The second-order valence-corrected chi connectivity index (χ2v) is 12.1. The summed E-state index contributed by atoms with van der Waals surface area (Å²) in [6.07, 6.45) is -3.85. The first kappa shape index (κ1) is 31.7. The van der Waals surface area contributed by atoms with Gasteiger partial charge in [0.05, 0.1) is 16.6 Å². The van der Waals surface area contributed by atoms with E-state index >= 15 is 0 Å². The number of fused-ring (bicyclic) bond motifs is 1. The number of phenolic OH excluding ortho intramolecular Hbond substituents is 1. The molecule has 1 aliphatic rings. The number of nitrogens with zero attached hydrogens (tertiary/aromatic N) is 3. The zero-order valence-corrected chi connectivity index (χ0v) is 24.7. The van der Waals surface area contributed by atoms with Gasteiger partial charge in [-0.15, -0.1) is 11.8 Å². The third-order valence-electron chi connectivity index (χ3n) is 7.40. The Balaban J connectivity index is 1.47. The van der Waals surface area contributed by atoms with Crippen molar-refractivity contribution in [2.75, 3.05) is 65.7 Å². The van der Waals surface area contributed by atoms with Gasteiger partial charge in [0.2, 0.25) is 0 Å². The Morgan fingerprint density at radius 1 is 1.12 bits per heavy atom. The van der Waals surface area contributed by atoms with Crippen molar-refractivity contribution in [3.8, 4) is 16.9 Å². The number of thioether (sulfide) groups is 1. The van der Waals surface area contributed by atoms with Crippen LogP contribution < -0.4 is 5.56 Å². The maximum atomic E-state index is 13.6. The number of aromatic nitrogens is 1. The van der Waals surface area contributed by atoms with Crippen molar-refractivity contribution in [3.05, 3.63) is 57.3 Å². The van der Waals surface area contributed by atoms with Crippen LogP contribution in [0, 0.1) is 0 Å². The van der Waals surface area contributed by atoms with Crippen molar-refractivity contribution < 1.29 is 23.4 Å². The first-order valence-electron chi connectivity index (χ1n) is 13.6. The highest BCUT2D eigenvalue weighted by molar-refractivity contribution is 7.99. The van der Waals surface area contributed by atoms with Gasteiger partial charge in [-0.1, -0.05) is 11.6 Å². The van der Waals surface area contributed by atoms with Crippen LogP contribution in [0.5, 0.6) is 5.75 Å². The molecule has 0 amide bonds. The van der Waals surface area contributed by atoms with Gasteiger partial charge in [0.1, 0.15) is 5.75 Å². The smallest absolute Gasteiger partial charge is 0.416 e. The first-order valence-corrected chi connectivity index (χ1v) is 14.9. The summed E-state index contributed by atoms with van der Waals surface area (Å²) in [7, 11) is 4.15. The van der Waals surface area contributed by atoms with Crippen LogP contribution in [0.1, 0.15) is 18.4 Å². The Bertz CT molecular complexity index is 1400. The third-order valence-corrected chi connectivity index (χ3v) is 8.86. The number of hydrogen-bond acceptors (Lipinski definition) is 7. The van der Waals surface area contributed by atoms with Crippen LogP contribution in [0.3, 0.4) is 0 Å². The molecular formula is C29H36ClF3N4O3S. The van der Waals surface area contributed by atoms with Crippen LogP contribution >= 0.6 is 23.4 Å². The number of likely N-dealkylation sites (N-methyl/N-ethyl adjacent to an activating group) is 1. The molecule has 3 aromatic rings. The number of hydrogen-bond donors (Lipinski definition) is 3. The summed E-state index contributed by atoms with van der Waals surface area (Å²) in [5, 5.41) is 21.7. The van der Waals surface area contributed by atoms with E-state index in [1.54, 1.807) is 0 Å². The number of piperazine rings is 1. The Kier molecular flexibility index (Phi) is 10.6. The fourth-order valence-electron chi connectivity index (χ4n) is 4.94. The Hall–Kier alpha value is -2.28. The van der Waals surface area contributed by atoms with Crippen molar-refractivity contribution in [1.82, 2.24) is 19.7 Å². The largest absolute Gasteiger partial charge is 0.507 e. The lowest BCUT2D eigenvalue weighted by molar-refractivity contribution is -0.137. The highest BCUT2D eigenvalue weighted by Gasteiger charge is 2.31. The molecule has 2 aromatic carbocycles. The monoisotopic (exact) mass is 612 g/mol. The number of halogens is 4. The lowest BCUT2D eigenvalue weighted by Gasteiger charge is -2.32. The van der Waals surface area contributed by atoms with Gasteiger partial charge in [0.15, 0.2) is 0 Å². The van der Waals surface area contributed by atoms with Crippen molar-refractivity contribution in [1.29, 1.82) is 0 Å². The maximum absolute atomic E-state index is 13.6. The number of rotatable bonds is 11. The van der Waals surface area contributed by atoms with Crippen LogP contribution in [0.25, 0.3) is 22.0 Å². The molecule has 0 spiro atoms. The van der Waals surface area contributed by atoms with Gasteiger partial charge in [0, 0.05) is 65.5 Å². The Labute approximate surface area is 246 Å². The molecule has 12 heteroatoms. The van der Waals surface area contributed by atoms with E-state index in [0.717, 1.165) is 69.6 Å². The van der Waals surface area contributed by atoms with Crippen LogP contribution in [0.4, 0.5) is 13.2 Å². The molecule has 0 aliphatic carbocycles. The summed E-state index contributed by atoms with van der Waals surface area (Å²) in [6, 6.07) is 7.27. The van der Waals surface area contributed by atoms with E-state index in [0.29, 0.717) is 13.0 Å². The summed E-state index contributed by atoms with van der Waals surface area (Å²) < 4.78 is 40.7. The van der Waals surface area contributed by atoms with Gasteiger partial charge in [0.25, 0.3) is 5.56 Å². The molecule has 1 aliphatic heterocycles. The van der Waals surface area contributed by atoms with Crippen molar-refractivity contribution in [2.24, 2.45) is 0 Å². The molecular weight excluding hydrogens is 577 g/mol. The summed E-state index contributed by atoms with van der Waals surface area (Å²) in [5.74, 6) is -0.0730. The highest BCUT2D eigenvalue weighted by Crippen LogP contribution is 2.42. The molecule has 1 aromatic heterocycles. The van der Waals surface area contributed by atoms with Crippen molar-refractivity contribution >= 4 is 34.3 Å². The van der Waals surface area contributed by atoms with Gasteiger partial charge in [-0.25, -0.2) is 0 Å². The van der Waals surface area contributed by atoms with Crippen LogP contribution in [-0.4, -0.2) is 102 Å². The minimum absolute atomic E-state index is 0.106. The second kappa shape index (κ2) is 13.8. The number of pyridine rings is 1. The fourth-order valence-corrected chi connectivity index (χ4v) is 6.19. The average molecular weight is 613 g/mol. The van der Waals surface area contributed by atoms with Gasteiger partial charge in [-0.2, -0.15) is 13.2 Å². The first-order chi connectivity index (χ1) is 19.4. The van der Waals surface area contributed by atoms with Crippen LogP contribution in [0.2, 0.25) is 5.02 Å². The molecule has 1 atom stereocenters. The van der Waals surface area contributed by atoms with Crippen molar-refractivity contribution in [3.63, 3.8) is 0 Å². The zero-order chi connectivity index (χ0) is 29.7. The Morgan fingerprint density at radius 3 is 2.56 bits per heavy atom. The number of H-pyrrole nitrogens is 1. The molecule has 1 fully saturated rings. The van der Waals surface area contributed by atoms with E-state index in [9.17, 15) is 28.2 Å². The average Bonchev–Trinajstić information content (AvgIpc) is 2.92. The number of alkyl halides is 3. The van der Waals surface area contributed by atoms with Gasteiger partial charge in [-0.3, -0.25) is 4.79 Å². The lowest BCUT2D eigenvalue weighted by Crippen LogP contribution is -2.45. The minimum atomic E-state index is -4.60. The molecule has 0 bridgehead atoms. The molecule has 41 heavy (non-hydrogen) atoms. The van der Waals surface area contributed by atoms with E-state index in [2.05, 4.69) is 26.7 Å². The minimum Gasteiger partial charge on any atom is -0.507 e. The van der Waals surface area contributed by atoms with Crippen LogP contribution in [0.15, 0.2) is 46.1 Å². The number of aromatic hydroxyl groups is 1. The van der Waals surface area contributed by atoms with E-state index in [1.165, 1.54) is 24.3 Å². The lowest BCUT2D eigenvalue weighted by atomic mass is 9.98. The van der Waals surface area contributed by atoms with Gasteiger partial charge >= 0.3 is 6.18 Å². The third kappa shape index (κ3) is 8.39. The van der Waals surface area contributed by atoms with E-state index in [-0.39, 0.29) is 43.5 Å². The summed E-state index contributed by atoms with van der Waals surface area (Å²) >= 11 is 7.21. The predicted molar refractivity (Wildman–Crippen MR) is 159 cm³/mol. The molecule has 3 N–H and O–H groups in total. The molecule has 0 radical (unpaired) electrons. The number of phenols is 1.